The Labute approximate surface area is 397 Å². The lowest BCUT2D eigenvalue weighted by molar-refractivity contribution is 0.622. The molecule has 0 radical (unpaired) electrons. The quantitative estimate of drug-likeness (QED) is 0.166. The highest BCUT2D eigenvalue weighted by atomic mass is 19.1. The van der Waals surface area contributed by atoms with E-state index in [1.54, 1.807) is 0 Å². The van der Waals surface area contributed by atoms with E-state index in [-0.39, 0.29) is 17.0 Å². The number of aromatic nitrogens is 1. The number of hydrogen-bond donors (Lipinski definition) is 0. The van der Waals surface area contributed by atoms with Gasteiger partial charge in [0, 0.05) is 44.2 Å². The van der Waals surface area contributed by atoms with Gasteiger partial charge in [-0.05, 0) is 129 Å². The molecule has 328 valence electrons. The average molecular weight is 893 g/mol. The molecule has 5 heteroatoms. The number of para-hydroxylation sites is 3. The molecular weight excluding hydrogens is 851 g/mol. The second-order valence-electron chi connectivity index (χ2n) is 19.1. The standard InChI is InChI=1S/C64H42F2N2O/c1-63(2)52-20-10-6-16-46(52)47-34-32-44(36-54(47)63)67(45-33-35-49-48-17-8-12-22-56(48)68(57(49)37-45)43-14-4-3-5-15-43)58-38-55-60(62-61(58)51-19-9-13-23-59(51)69-62)50-18-7-11-21-53(50)64(55,39-24-28-41(65)29-25-39)40-26-30-42(66)31-27-40/h3-38H,1-2H3. The van der Waals surface area contributed by atoms with Gasteiger partial charge >= 0.3 is 0 Å². The summed E-state index contributed by atoms with van der Waals surface area (Å²) in [5.74, 6) is -0.659. The van der Waals surface area contributed by atoms with Gasteiger partial charge in [0.2, 0.25) is 0 Å². The van der Waals surface area contributed by atoms with Gasteiger partial charge in [-0.2, -0.15) is 0 Å². The monoisotopic (exact) mass is 892 g/mol. The first-order valence-corrected chi connectivity index (χ1v) is 23.5. The van der Waals surface area contributed by atoms with Crippen molar-refractivity contribution >= 4 is 60.8 Å². The summed E-state index contributed by atoms with van der Waals surface area (Å²) in [5, 5.41) is 4.29. The van der Waals surface area contributed by atoms with Crippen LogP contribution >= 0.6 is 0 Å². The first-order chi connectivity index (χ1) is 33.8. The zero-order valence-corrected chi connectivity index (χ0v) is 37.8. The molecule has 2 aliphatic rings. The van der Waals surface area contributed by atoms with Crippen LogP contribution in [0.2, 0.25) is 0 Å². The van der Waals surface area contributed by atoms with Gasteiger partial charge in [0.25, 0.3) is 0 Å². The van der Waals surface area contributed by atoms with Crippen molar-refractivity contribution < 1.29 is 13.2 Å². The predicted octanol–water partition coefficient (Wildman–Crippen LogP) is 17.1. The Morgan fingerprint density at radius 1 is 0.449 bits per heavy atom. The molecule has 10 aromatic carbocycles. The van der Waals surface area contributed by atoms with E-state index in [2.05, 4.69) is 181 Å². The Hall–Kier alpha value is -8.54. The second-order valence-corrected chi connectivity index (χ2v) is 19.1. The van der Waals surface area contributed by atoms with E-state index < -0.39 is 5.41 Å². The van der Waals surface area contributed by atoms with Crippen molar-refractivity contribution in [3.05, 3.63) is 263 Å². The lowest BCUT2D eigenvalue weighted by Gasteiger charge is -2.35. The van der Waals surface area contributed by atoms with Gasteiger partial charge in [-0.15, -0.1) is 0 Å². The third kappa shape index (κ3) is 5.47. The highest BCUT2D eigenvalue weighted by Gasteiger charge is 2.48. The van der Waals surface area contributed by atoms with E-state index in [4.69, 9.17) is 4.42 Å². The predicted molar refractivity (Wildman–Crippen MR) is 278 cm³/mol. The molecule has 0 bridgehead atoms. The molecule has 0 saturated heterocycles. The molecule has 14 rings (SSSR count). The van der Waals surface area contributed by atoms with Crippen LogP contribution < -0.4 is 4.90 Å². The van der Waals surface area contributed by atoms with Crippen LogP contribution in [0.15, 0.2) is 223 Å². The van der Waals surface area contributed by atoms with Crippen molar-refractivity contribution in [2.75, 3.05) is 4.90 Å². The Morgan fingerprint density at radius 2 is 1.03 bits per heavy atom. The Balaban J connectivity index is 1.14. The number of furan rings is 1. The fraction of sp³-hybridized carbons (Fsp3) is 0.0625. The summed E-state index contributed by atoms with van der Waals surface area (Å²) in [6.45, 7) is 4.65. The molecule has 2 aromatic heterocycles. The van der Waals surface area contributed by atoms with Crippen LogP contribution in [0.25, 0.3) is 71.7 Å². The molecule has 12 aromatic rings. The second kappa shape index (κ2) is 14.5. The topological polar surface area (TPSA) is 21.3 Å². The third-order valence-corrected chi connectivity index (χ3v) is 15.2. The Kier molecular flexibility index (Phi) is 8.31. The van der Waals surface area contributed by atoms with Gasteiger partial charge in [0.1, 0.15) is 22.8 Å². The van der Waals surface area contributed by atoms with E-state index in [1.165, 1.54) is 51.9 Å². The maximum Gasteiger partial charge on any atom is 0.145 e. The van der Waals surface area contributed by atoms with Crippen molar-refractivity contribution in [3.8, 4) is 27.9 Å². The third-order valence-electron chi connectivity index (χ3n) is 15.2. The van der Waals surface area contributed by atoms with E-state index in [0.717, 1.165) is 94.5 Å². The summed E-state index contributed by atoms with van der Waals surface area (Å²) in [7, 11) is 0. The molecule has 0 spiro atoms. The minimum Gasteiger partial charge on any atom is -0.455 e. The molecule has 0 fully saturated rings. The van der Waals surface area contributed by atoms with Crippen LogP contribution in [0.4, 0.5) is 25.8 Å². The summed E-state index contributed by atoms with van der Waals surface area (Å²) in [6.07, 6.45) is 0. The molecule has 2 heterocycles. The number of halogens is 2. The number of anilines is 3. The number of rotatable bonds is 6. The molecule has 0 unspecified atom stereocenters. The summed E-state index contributed by atoms with van der Waals surface area (Å²) >= 11 is 0. The number of hydrogen-bond acceptors (Lipinski definition) is 2. The van der Waals surface area contributed by atoms with Gasteiger partial charge < -0.3 is 13.9 Å². The van der Waals surface area contributed by atoms with Crippen molar-refractivity contribution in [2.24, 2.45) is 0 Å². The molecule has 0 saturated carbocycles. The smallest absolute Gasteiger partial charge is 0.145 e. The van der Waals surface area contributed by atoms with Crippen molar-refractivity contribution in [1.29, 1.82) is 0 Å². The molecule has 0 N–H and O–H groups in total. The number of nitrogens with zero attached hydrogens (tertiary/aromatic N) is 2. The van der Waals surface area contributed by atoms with Gasteiger partial charge in [-0.3, -0.25) is 0 Å². The summed E-state index contributed by atoms with van der Waals surface area (Å²) < 4.78 is 39.8. The minimum atomic E-state index is -0.994. The maximum absolute atomic E-state index is 15.1. The Morgan fingerprint density at radius 3 is 1.78 bits per heavy atom. The fourth-order valence-corrected chi connectivity index (χ4v) is 12.2. The first-order valence-electron chi connectivity index (χ1n) is 23.5. The van der Waals surface area contributed by atoms with Gasteiger partial charge in [-0.1, -0.05) is 153 Å². The van der Waals surface area contributed by atoms with Crippen LogP contribution in [0, 0.1) is 11.6 Å². The lowest BCUT2D eigenvalue weighted by atomic mass is 9.67. The fourth-order valence-electron chi connectivity index (χ4n) is 12.2. The lowest BCUT2D eigenvalue weighted by Crippen LogP contribution is -2.29. The first kappa shape index (κ1) is 39.6. The van der Waals surface area contributed by atoms with Crippen molar-refractivity contribution in [2.45, 2.75) is 24.7 Å². The van der Waals surface area contributed by atoms with Crippen LogP contribution in [-0.4, -0.2) is 4.57 Å². The number of fused-ring (bicyclic) bond motifs is 13. The maximum atomic E-state index is 15.1. The average Bonchev–Trinajstić information content (AvgIpc) is 4.09. The highest BCUT2D eigenvalue weighted by molar-refractivity contribution is 6.20. The van der Waals surface area contributed by atoms with E-state index in [0.29, 0.717) is 0 Å². The SMILES string of the molecule is CC1(C)c2ccccc2-c2ccc(N(c3ccc4c5ccccc5n(-c5ccccc5)c4c3)c3cc4c(c5oc6ccccc6c35)-c3ccccc3C4(c3ccc(F)cc3)c3ccc(F)cc3)cc21. The summed E-state index contributed by atoms with van der Waals surface area (Å²) in [5.41, 5.74) is 17.1. The summed E-state index contributed by atoms with van der Waals surface area (Å²) in [4.78, 5) is 2.42. The molecule has 0 amide bonds. The number of benzene rings is 10. The van der Waals surface area contributed by atoms with Crippen LogP contribution in [-0.2, 0) is 10.8 Å². The molecule has 3 nitrogen and oxygen atoms in total. The van der Waals surface area contributed by atoms with Gasteiger partial charge in [0.05, 0.1) is 27.5 Å². The zero-order chi connectivity index (χ0) is 46.2. The van der Waals surface area contributed by atoms with E-state index in [1.807, 2.05) is 36.4 Å². The molecule has 0 aliphatic heterocycles. The minimum absolute atomic E-state index is 0.269. The zero-order valence-electron chi connectivity index (χ0n) is 37.8. The van der Waals surface area contributed by atoms with Gasteiger partial charge in [0.15, 0.2) is 0 Å². The normalized spacial score (nSPS) is 14.0. The van der Waals surface area contributed by atoms with Crippen molar-refractivity contribution in [1.82, 2.24) is 4.57 Å². The van der Waals surface area contributed by atoms with Gasteiger partial charge in [-0.25, -0.2) is 8.78 Å². The molecular formula is C64H42F2N2O. The van der Waals surface area contributed by atoms with Crippen molar-refractivity contribution in [3.63, 3.8) is 0 Å². The summed E-state index contributed by atoms with van der Waals surface area (Å²) in [6, 6.07) is 74.4. The molecule has 69 heavy (non-hydrogen) atoms. The van der Waals surface area contributed by atoms with E-state index in [9.17, 15) is 0 Å². The van der Waals surface area contributed by atoms with Crippen LogP contribution in [0.5, 0.6) is 0 Å². The Bertz CT molecular complexity index is 4020. The molecule has 0 atom stereocenters. The highest BCUT2D eigenvalue weighted by Crippen LogP contribution is 2.61. The molecule has 2 aliphatic carbocycles. The van der Waals surface area contributed by atoms with Crippen LogP contribution in [0.3, 0.4) is 0 Å². The largest absolute Gasteiger partial charge is 0.455 e. The van der Waals surface area contributed by atoms with E-state index >= 15 is 8.78 Å². The van der Waals surface area contributed by atoms with Crippen LogP contribution in [0.1, 0.15) is 47.2 Å².